The molecule has 108 valence electrons. The quantitative estimate of drug-likeness (QED) is 0.694. The van der Waals surface area contributed by atoms with E-state index in [9.17, 15) is 0 Å². The molecule has 0 heterocycles. The van der Waals surface area contributed by atoms with Crippen LogP contribution in [0.3, 0.4) is 0 Å². The van der Waals surface area contributed by atoms with Gasteiger partial charge in [-0.2, -0.15) is 0 Å². The lowest BCUT2D eigenvalue weighted by molar-refractivity contribution is 0.234. The molecule has 1 rings (SSSR count). The first-order chi connectivity index (χ1) is 9.17. The summed E-state index contributed by atoms with van der Waals surface area (Å²) in [5.74, 6) is 0.921. The van der Waals surface area contributed by atoms with Crippen molar-refractivity contribution in [2.24, 2.45) is 0 Å². The summed E-state index contributed by atoms with van der Waals surface area (Å²) < 4.78 is 5.18. The van der Waals surface area contributed by atoms with Crippen LogP contribution in [-0.4, -0.2) is 38.2 Å². The minimum atomic E-state index is 0.612. The van der Waals surface area contributed by atoms with E-state index in [1.54, 1.807) is 7.11 Å². The summed E-state index contributed by atoms with van der Waals surface area (Å²) in [6, 6.07) is 8.94. The Labute approximate surface area is 118 Å². The monoisotopic (exact) mass is 264 g/mol. The molecular formula is C16H28N2O. The zero-order valence-electron chi connectivity index (χ0n) is 12.8. The molecule has 0 amide bonds. The van der Waals surface area contributed by atoms with Crippen molar-refractivity contribution < 1.29 is 4.74 Å². The normalized spacial score (nSPS) is 12.7. The van der Waals surface area contributed by atoms with E-state index >= 15 is 0 Å². The molecular weight excluding hydrogens is 236 g/mol. The molecule has 0 aliphatic heterocycles. The van der Waals surface area contributed by atoms with Gasteiger partial charge in [-0.05, 0) is 57.6 Å². The van der Waals surface area contributed by atoms with E-state index in [-0.39, 0.29) is 0 Å². The SMILES string of the molecule is CCNCCCC(C)N(C)Cc1ccc(OC)cc1. The maximum absolute atomic E-state index is 5.18. The van der Waals surface area contributed by atoms with Crippen LogP contribution in [0.15, 0.2) is 24.3 Å². The standard InChI is InChI=1S/C16H28N2O/c1-5-17-12-6-7-14(2)18(3)13-15-8-10-16(19-4)11-9-15/h8-11,14,17H,5-7,12-13H2,1-4H3. The molecule has 1 aromatic carbocycles. The summed E-state index contributed by atoms with van der Waals surface area (Å²) in [5.41, 5.74) is 1.34. The Hall–Kier alpha value is -1.06. The van der Waals surface area contributed by atoms with Gasteiger partial charge in [0.2, 0.25) is 0 Å². The molecule has 0 aromatic heterocycles. The van der Waals surface area contributed by atoms with E-state index < -0.39 is 0 Å². The number of nitrogens with one attached hydrogen (secondary N) is 1. The summed E-state index contributed by atoms with van der Waals surface area (Å²) >= 11 is 0. The molecule has 1 N–H and O–H groups in total. The van der Waals surface area contributed by atoms with Crippen molar-refractivity contribution in [1.82, 2.24) is 10.2 Å². The van der Waals surface area contributed by atoms with Crippen LogP contribution in [0.1, 0.15) is 32.3 Å². The highest BCUT2D eigenvalue weighted by Crippen LogP contribution is 2.14. The van der Waals surface area contributed by atoms with Crippen LogP contribution in [0.25, 0.3) is 0 Å². The van der Waals surface area contributed by atoms with Crippen molar-refractivity contribution in [3.63, 3.8) is 0 Å². The molecule has 0 aliphatic carbocycles. The van der Waals surface area contributed by atoms with Gasteiger partial charge >= 0.3 is 0 Å². The van der Waals surface area contributed by atoms with Crippen LogP contribution < -0.4 is 10.1 Å². The lowest BCUT2D eigenvalue weighted by atomic mass is 10.1. The Morgan fingerprint density at radius 2 is 1.95 bits per heavy atom. The molecule has 0 saturated heterocycles. The third kappa shape index (κ3) is 6.08. The molecule has 0 aliphatic rings. The average Bonchev–Trinajstić information content (AvgIpc) is 2.44. The van der Waals surface area contributed by atoms with Crippen molar-refractivity contribution in [1.29, 1.82) is 0 Å². The second kappa shape index (κ2) is 8.94. The molecule has 1 atom stereocenters. The Kier molecular flexibility index (Phi) is 7.53. The molecule has 0 radical (unpaired) electrons. The molecule has 3 heteroatoms. The predicted molar refractivity (Wildman–Crippen MR) is 81.7 cm³/mol. The predicted octanol–water partition coefficient (Wildman–Crippen LogP) is 2.91. The Bertz CT molecular complexity index is 337. The zero-order chi connectivity index (χ0) is 14.1. The van der Waals surface area contributed by atoms with Crippen molar-refractivity contribution in [2.75, 3.05) is 27.2 Å². The fourth-order valence-electron chi connectivity index (χ4n) is 2.09. The summed E-state index contributed by atoms with van der Waals surface area (Å²) in [4.78, 5) is 2.41. The number of nitrogens with zero attached hydrogens (tertiary/aromatic N) is 1. The lowest BCUT2D eigenvalue weighted by Crippen LogP contribution is -2.29. The Morgan fingerprint density at radius 1 is 1.26 bits per heavy atom. The third-order valence-corrected chi connectivity index (χ3v) is 3.57. The van der Waals surface area contributed by atoms with Gasteiger partial charge in [0, 0.05) is 12.6 Å². The van der Waals surface area contributed by atoms with Crippen molar-refractivity contribution >= 4 is 0 Å². The molecule has 1 unspecified atom stereocenters. The van der Waals surface area contributed by atoms with Gasteiger partial charge in [-0.3, -0.25) is 4.90 Å². The minimum absolute atomic E-state index is 0.612. The summed E-state index contributed by atoms with van der Waals surface area (Å²) in [5, 5.41) is 3.37. The van der Waals surface area contributed by atoms with Crippen molar-refractivity contribution in [3.8, 4) is 5.75 Å². The number of ether oxygens (including phenoxy) is 1. The van der Waals surface area contributed by atoms with Crippen molar-refractivity contribution in [2.45, 2.75) is 39.3 Å². The second-order valence-electron chi connectivity index (χ2n) is 5.11. The molecule has 0 fully saturated rings. The van der Waals surface area contributed by atoms with Gasteiger partial charge in [0.1, 0.15) is 5.75 Å². The van der Waals surface area contributed by atoms with Gasteiger partial charge in [-0.15, -0.1) is 0 Å². The first-order valence-electron chi connectivity index (χ1n) is 7.21. The van der Waals surface area contributed by atoms with E-state index in [1.807, 2.05) is 12.1 Å². The van der Waals surface area contributed by atoms with Gasteiger partial charge in [-0.1, -0.05) is 19.1 Å². The van der Waals surface area contributed by atoms with Gasteiger partial charge in [0.25, 0.3) is 0 Å². The van der Waals surface area contributed by atoms with Gasteiger partial charge in [0.05, 0.1) is 7.11 Å². The highest BCUT2D eigenvalue weighted by atomic mass is 16.5. The van der Waals surface area contributed by atoms with E-state index in [2.05, 4.69) is 43.2 Å². The minimum Gasteiger partial charge on any atom is -0.497 e. The van der Waals surface area contributed by atoms with Gasteiger partial charge < -0.3 is 10.1 Å². The van der Waals surface area contributed by atoms with E-state index in [0.29, 0.717) is 6.04 Å². The summed E-state index contributed by atoms with van der Waals surface area (Å²) in [7, 11) is 3.90. The van der Waals surface area contributed by atoms with Gasteiger partial charge in [-0.25, -0.2) is 0 Å². The van der Waals surface area contributed by atoms with Crippen LogP contribution in [-0.2, 0) is 6.54 Å². The second-order valence-corrected chi connectivity index (χ2v) is 5.11. The molecule has 19 heavy (non-hydrogen) atoms. The molecule has 0 saturated carbocycles. The number of methoxy groups -OCH3 is 1. The maximum Gasteiger partial charge on any atom is 0.118 e. The van der Waals surface area contributed by atoms with E-state index in [0.717, 1.165) is 25.4 Å². The van der Waals surface area contributed by atoms with Crippen LogP contribution in [0.5, 0.6) is 5.75 Å². The van der Waals surface area contributed by atoms with Crippen LogP contribution >= 0.6 is 0 Å². The van der Waals surface area contributed by atoms with Crippen LogP contribution in [0.2, 0.25) is 0 Å². The van der Waals surface area contributed by atoms with Crippen LogP contribution in [0.4, 0.5) is 0 Å². The highest BCUT2D eigenvalue weighted by Gasteiger charge is 2.09. The van der Waals surface area contributed by atoms with Crippen molar-refractivity contribution in [3.05, 3.63) is 29.8 Å². The summed E-state index contributed by atoms with van der Waals surface area (Å²) in [6.07, 6.45) is 2.47. The lowest BCUT2D eigenvalue weighted by Gasteiger charge is -2.25. The first kappa shape index (κ1) is 16.0. The molecule has 0 bridgehead atoms. The largest absolute Gasteiger partial charge is 0.497 e. The Balaban J connectivity index is 2.33. The van der Waals surface area contributed by atoms with Crippen LogP contribution in [0, 0.1) is 0 Å². The third-order valence-electron chi connectivity index (χ3n) is 3.57. The summed E-state index contributed by atoms with van der Waals surface area (Å²) in [6.45, 7) is 7.63. The maximum atomic E-state index is 5.18. The molecule has 3 nitrogen and oxygen atoms in total. The number of benzene rings is 1. The number of hydrogen-bond donors (Lipinski definition) is 1. The fraction of sp³-hybridized carbons (Fsp3) is 0.625. The molecule has 1 aromatic rings. The van der Waals surface area contributed by atoms with E-state index in [4.69, 9.17) is 4.74 Å². The van der Waals surface area contributed by atoms with Gasteiger partial charge in [0.15, 0.2) is 0 Å². The topological polar surface area (TPSA) is 24.5 Å². The highest BCUT2D eigenvalue weighted by molar-refractivity contribution is 5.27. The van der Waals surface area contributed by atoms with E-state index in [1.165, 1.54) is 18.4 Å². The zero-order valence-corrected chi connectivity index (χ0v) is 12.8. The fourth-order valence-corrected chi connectivity index (χ4v) is 2.09. The number of rotatable bonds is 9. The average molecular weight is 264 g/mol. The Morgan fingerprint density at radius 3 is 2.53 bits per heavy atom. The molecule has 0 spiro atoms. The number of hydrogen-bond acceptors (Lipinski definition) is 3. The first-order valence-corrected chi connectivity index (χ1v) is 7.21. The smallest absolute Gasteiger partial charge is 0.118 e.